The predicted molar refractivity (Wildman–Crippen MR) is 91.2 cm³/mol. The fourth-order valence-electron chi connectivity index (χ4n) is 2.30. The van der Waals surface area contributed by atoms with E-state index in [1.807, 2.05) is 0 Å². The molecule has 1 aromatic carbocycles. The van der Waals surface area contributed by atoms with Crippen molar-refractivity contribution in [3.8, 4) is 0 Å². The highest BCUT2D eigenvalue weighted by Crippen LogP contribution is 2.27. The lowest BCUT2D eigenvalue weighted by Gasteiger charge is -2.10. The largest absolute Gasteiger partial charge is 0.462 e. The lowest BCUT2D eigenvalue weighted by Crippen LogP contribution is -2.18. The van der Waals surface area contributed by atoms with Crippen LogP contribution < -0.4 is 4.72 Å². The van der Waals surface area contributed by atoms with Crippen molar-refractivity contribution in [2.45, 2.75) is 25.7 Å². The third-order valence-corrected chi connectivity index (χ3v) is 5.19. The van der Waals surface area contributed by atoms with Crippen LogP contribution in [0.2, 0.25) is 0 Å². The van der Waals surface area contributed by atoms with Crippen LogP contribution in [0.25, 0.3) is 0 Å². The average molecular weight is 401 g/mol. The topological polar surface area (TPSA) is 88.3 Å². The first-order chi connectivity index (χ1) is 10.8. The number of hydrogen-bond acceptors (Lipinski definition) is 4. The van der Waals surface area contributed by atoms with Crippen molar-refractivity contribution in [3.05, 3.63) is 45.7 Å². The number of hydrogen-bond donors (Lipinski definition) is 2. The van der Waals surface area contributed by atoms with Crippen molar-refractivity contribution in [2.24, 2.45) is 0 Å². The maximum absolute atomic E-state index is 12.7. The SMILES string of the molecule is CCOC(=O)c1c(C)[nH]c(C)c1S(=O)(=O)Nc1cccc(Br)c1. The number of carbonyl (C=O) groups is 1. The first-order valence-corrected chi connectivity index (χ1v) is 9.18. The molecule has 0 fully saturated rings. The van der Waals surface area contributed by atoms with Crippen LogP contribution in [0, 0.1) is 13.8 Å². The number of esters is 1. The summed E-state index contributed by atoms with van der Waals surface area (Å²) >= 11 is 3.29. The Morgan fingerprint density at radius 1 is 1.30 bits per heavy atom. The predicted octanol–water partition coefficient (Wildman–Crippen LogP) is 3.37. The summed E-state index contributed by atoms with van der Waals surface area (Å²) in [5, 5.41) is 0. The Morgan fingerprint density at radius 2 is 2.00 bits per heavy atom. The number of anilines is 1. The van der Waals surface area contributed by atoms with Crippen molar-refractivity contribution in [3.63, 3.8) is 0 Å². The van der Waals surface area contributed by atoms with E-state index >= 15 is 0 Å². The minimum Gasteiger partial charge on any atom is -0.462 e. The van der Waals surface area contributed by atoms with Gasteiger partial charge in [-0.1, -0.05) is 22.0 Å². The summed E-state index contributed by atoms with van der Waals surface area (Å²) in [4.78, 5) is 14.9. The summed E-state index contributed by atoms with van der Waals surface area (Å²) < 4.78 is 33.6. The standard InChI is InChI=1S/C15H17BrN2O4S/c1-4-22-15(19)13-9(2)17-10(3)14(13)23(20,21)18-12-7-5-6-11(16)8-12/h5-8,17-18H,4H2,1-3H3. The molecule has 0 saturated carbocycles. The number of halogens is 1. The Labute approximate surface area is 143 Å². The molecule has 0 saturated heterocycles. The normalized spacial score (nSPS) is 11.3. The molecule has 0 atom stereocenters. The molecule has 1 aromatic heterocycles. The van der Waals surface area contributed by atoms with E-state index < -0.39 is 16.0 Å². The van der Waals surface area contributed by atoms with Crippen molar-refractivity contribution in [1.29, 1.82) is 0 Å². The van der Waals surface area contributed by atoms with E-state index in [-0.39, 0.29) is 17.1 Å². The molecule has 0 aliphatic carbocycles. The van der Waals surface area contributed by atoms with E-state index in [4.69, 9.17) is 4.74 Å². The van der Waals surface area contributed by atoms with Crippen LogP contribution >= 0.6 is 15.9 Å². The van der Waals surface area contributed by atoms with Gasteiger partial charge in [-0.15, -0.1) is 0 Å². The number of aromatic nitrogens is 1. The summed E-state index contributed by atoms with van der Waals surface area (Å²) in [7, 11) is -3.94. The molecule has 6 nitrogen and oxygen atoms in total. The number of benzene rings is 1. The van der Waals surface area contributed by atoms with Gasteiger partial charge in [-0.3, -0.25) is 4.72 Å². The molecule has 1 heterocycles. The van der Waals surface area contributed by atoms with Crippen molar-refractivity contribution in [1.82, 2.24) is 4.98 Å². The maximum atomic E-state index is 12.7. The van der Waals surface area contributed by atoms with E-state index in [1.165, 1.54) is 0 Å². The van der Waals surface area contributed by atoms with E-state index in [0.717, 1.165) is 4.47 Å². The second-order valence-electron chi connectivity index (χ2n) is 4.92. The Morgan fingerprint density at radius 3 is 2.61 bits per heavy atom. The van der Waals surface area contributed by atoms with Crippen LogP contribution in [0.3, 0.4) is 0 Å². The van der Waals surface area contributed by atoms with Crippen molar-refractivity contribution in [2.75, 3.05) is 11.3 Å². The van der Waals surface area contributed by atoms with Gasteiger partial charge in [-0.2, -0.15) is 0 Å². The molecule has 0 amide bonds. The van der Waals surface area contributed by atoms with Crippen LogP contribution in [0.15, 0.2) is 33.6 Å². The minimum atomic E-state index is -3.94. The lowest BCUT2D eigenvalue weighted by molar-refractivity contribution is 0.0521. The highest BCUT2D eigenvalue weighted by atomic mass is 79.9. The molecule has 23 heavy (non-hydrogen) atoms. The molecule has 0 bridgehead atoms. The van der Waals surface area contributed by atoms with Gasteiger partial charge < -0.3 is 9.72 Å². The van der Waals surface area contributed by atoms with Gasteiger partial charge in [0, 0.05) is 21.5 Å². The minimum absolute atomic E-state index is 0.0341. The van der Waals surface area contributed by atoms with Crippen LogP contribution in [0.1, 0.15) is 28.7 Å². The fraction of sp³-hybridized carbons (Fsp3) is 0.267. The number of sulfonamides is 1. The van der Waals surface area contributed by atoms with E-state index in [2.05, 4.69) is 25.6 Å². The molecule has 2 N–H and O–H groups in total. The first kappa shape index (κ1) is 17.6. The van der Waals surface area contributed by atoms with Crippen LogP contribution in [-0.4, -0.2) is 26.0 Å². The maximum Gasteiger partial charge on any atom is 0.341 e. The zero-order valence-corrected chi connectivity index (χ0v) is 15.3. The Bertz CT molecular complexity index is 843. The quantitative estimate of drug-likeness (QED) is 0.752. The highest BCUT2D eigenvalue weighted by Gasteiger charge is 2.29. The summed E-state index contributed by atoms with van der Waals surface area (Å²) in [6.45, 7) is 5.07. The van der Waals surface area contributed by atoms with Gasteiger partial charge in [0.2, 0.25) is 0 Å². The molecule has 2 rings (SSSR count). The Hall–Kier alpha value is -1.80. The second kappa shape index (κ2) is 6.76. The summed E-state index contributed by atoms with van der Waals surface area (Å²) in [6, 6.07) is 6.76. The number of aryl methyl sites for hydroxylation is 2. The number of H-pyrrole nitrogens is 1. The molecule has 0 aliphatic heterocycles. The zero-order chi connectivity index (χ0) is 17.2. The molecule has 2 aromatic rings. The van der Waals surface area contributed by atoms with E-state index in [9.17, 15) is 13.2 Å². The molecule has 8 heteroatoms. The van der Waals surface area contributed by atoms with Gasteiger partial charge in [0.25, 0.3) is 10.0 Å². The molecule has 0 spiro atoms. The third kappa shape index (κ3) is 3.76. The zero-order valence-electron chi connectivity index (χ0n) is 12.9. The molecular formula is C15H17BrN2O4S. The van der Waals surface area contributed by atoms with Gasteiger partial charge >= 0.3 is 5.97 Å². The van der Waals surface area contributed by atoms with Crippen LogP contribution in [0.4, 0.5) is 5.69 Å². The number of carbonyl (C=O) groups excluding carboxylic acids is 1. The van der Waals surface area contributed by atoms with Crippen LogP contribution in [-0.2, 0) is 14.8 Å². The van der Waals surface area contributed by atoms with E-state index in [0.29, 0.717) is 17.1 Å². The van der Waals surface area contributed by atoms with Gasteiger partial charge in [0.05, 0.1) is 6.61 Å². The smallest absolute Gasteiger partial charge is 0.341 e. The summed E-state index contributed by atoms with van der Waals surface area (Å²) in [5.41, 5.74) is 1.27. The van der Waals surface area contributed by atoms with Gasteiger partial charge in [-0.25, -0.2) is 13.2 Å². The summed E-state index contributed by atoms with van der Waals surface area (Å²) in [5.74, 6) is -0.663. The number of ether oxygens (including phenoxy) is 1. The van der Waals surface area contributed by atoms with E-state index in [1.54, 1.807) is 45.0 Å². The number of rotatable bonds is 5. The average Bonchev–Trinajstić information content (AvgIpc) is 2.74. The Kier molecular flexibility index (Phi) is 5.16. The van der Waals surface area contributed by atoms with Crippen molar-refractivity contribution < 1.29 is 17.9 Å². The number of aromatic amines is 1. The highest BCUT2D eigenvalue weighted by molar-refractivity contribution is 9.10. The van der Waals surface area contributed by atoms with Gasteiger partial charge in [0.1, 0.15) is 10.5 Å². The first-order valence-electron chi connectivity index (χ1n) is 6.91. The molecule has 0 radical (unpaired) electrons. The van der Waals surface area contributed by atoms with Crippen LogP contribution in [0.5, 0.6) is 0 Å². The second-order valence-corrected chi connectivity index (χ2v) is 7.45. The van der Waals surface area contributed by atoms with Gasteiger partial charge in [-0.05, 0) is 39.0 Å². The third-order valence-electron chi connectivity index (χ3n) is 3.14. The molecule has 0 unspecified atom stereocenters. The number of nitrogens with one attached hydrogen (secondary N) is 2. The van der Waals surface area contributed by atoms with Crippen molar-refractivity contribution >= 4 is 37.6 Å². The monoisotopic (exact) mass is 400 g/mol. The lowest BCUT2D eigenvalue weighted by atomic mass is 10.2. The molecule has 124 valence electrons. The summed E-state index contributed by atoms with van der Waals surface area (Å²) in [6.07, 6.45) is 0. The Balaban J connectivity index is 2.49. The molecular weight excluding hydrogens is 384 g/mol. The molecule has 0 aliphatic rings. The fourth-order valence-corrected chi connectivity index (χ4v) is 4.20. The van der Waals surface area contributed by atoms with Gasteiger partial charge in [0.15, 0.2) is 0 Å².